The van der Waals surface area contributed by atoms with Crippen LogP contribution in [0.5, 0.6) is 0 Å². The van der Waals surface area contributed by atoms with E-state index in [1.165, 1.54) is 6.42 Å². The van der Waals surface area contributed by atoms with E-state index in [0.717, 1.165) is 62.7 Å². The van der Waals surface area contributed by atoms with E-state index in [4.69, 9.17) is 16.3 Å². The van der Waals surface area contributed by atoms with Crippen LogP contribution in [0.25, 0.3) is 6.08 Å². The van der Waals surface area contributed by atoms with Crippen molar-refractivity contribution in [1.29, 1.82) is 0 Å². The molecule has 2 aromatic rings. The number of amides is 2. The minimum Gasteiger partial charge on any atom is -0.482 e. The molecule has 2 aliphatic heterocycles. The molecule has 0 N–H and O–H groups in total. The SMILES string of the molecule is O=C(c1ccc(/C=C2\OC3CCCCC3N(Cc3ccc(Cl)cc3)C2=O)cc1)N1CCCCC1. The molecule has 6 heteroatoms. The summed E-state index contributed by atoms with van der Waals surface area (Å²) in [7, 11) is 0. The van der Waals surface area contributed by atoms with Gasteiger partial charge < -0.3 is 14.5 Å². The molecule has 1 aliphatic carbocycles. The molecule has 2 unspecified atom stereocenters. The van der Waals surface area contributed by atoms with E-state index in [2.05, 4.69) is 0 Å². The van der Waals surface area contributed by atoms with Crippen molar-refractivity contribution in [1.82, 2.24) is 9.80 Å². The van der Waals surface area contributed by atoms with Gasteiger partial charge in [-0.05, 0) is 80.0 Å². The van der Waals surface area contributed by atoms with Crippen molar-refractivity contribution in [2.24, 2.45) is 0 Å². The summed E-state index contributed by atoms with van der Waals surface area (Å²) in [6.45, 7) is 2.21. The summed E-state index contributed by atoms with van der Waals surface area (Å²) in [6, 6.07) is 15.3. The predicted molar refractivity (Wildman–Crippen MR) is 133 cm³/mol. The van der Waals surface area contributed by atoms with Gasteiger partial charge in [0.05, 0.1) is 6.04 Å². The lowest BCUT2D eigenvalue weighted by atomic mass is 9.89. The number of hydrogen-bond donors (Lipinski definition) is 0. The quantitative estimate of drug-likeness (QED) is 0.531. The topological polar surface area (TPSA) is 49.9 Å². The summed E-state index contributed by atoms with van der Waals surface area (Å²) in [5.74, 6) is 0.391. The first-order valence-corrected chi connectivity index (χ1v) is 12.8. The van der Waals surface area contributed by atoms with E-state index >= 15 is 0 Å². The number of piperidine rings is 1. The Morgan fingerprint density at radius 1 is 0.941 bits per heavy atom. The lowest BCUT2D eigenvalue weighted by Crippen LogP contribution is -2.54. The Morgan fingerprint density at radius 2 is 1.65 bits per heavy atom. The third-order valence-electron chi connectivity index (χ3n) is 7.18. The van der Waals surface area contributed by atoms with Crippen LogP contribution in [-0.2, 0) is 16.1 Å². The average molecular weight is 479 g/mol. The molecule has 2 aromatic carbocycles. The largest absolute Gasteiger partial charge is 0.482 e. The van der Waals surface area contributed by atoms with Gasteiger partial charge in [-0.1, -0.05) is 42.3 Å². The smallest absolute Gasteiger partial charge is 0.289 e. The molecule has 1 saturated carbocycles. The van der Waals surface area contributed by atoms with Gasteiger partial charge in [-0.3, -0.25) is 9.59 Å². The first-order valence-electron chi connectivity index (χ1n) is 12.4. The number of hydrogen-bond acceptors (Lipinski definition) is 3. The minimum absolute atomic E-state index is 0.0185. The minimum atomic E-state index is -0.0773. The molecule has 2 saturated heterocycles. The van der Waals surface area contributed by atoms with Crippen LogP contribution in [0, 0.1) is 0 Å². The Balaban J connectivity index is 1.35. The molecule has 5 nitrogen and oxygen atoms in total. The zero-order valence-electron chi connectivity index (χ0n) is 19.4. The van der Waals surface area contributed by atoms with E-state index < -0.39 is 0 Å². The molecule has 34 heavy (non-hydrogen) atoms. The highest BCUT2D eigenvalue weighted by atomic mass is 35.5. The molecule has 0 bridgehead atoms. The van der Waals surface area contributed by atoms with Crippen LogP contribution in [0.4, 0.5) is 0 Å². The summed E-state index contributed by atoms with van der Waals surface area (Å²) in [4.78, 5) is 30.2. The molecule has 0 radical (unpaired) electrons. The van der Waals surface area contributed by atoms with Crippen molar-refractivity contribution in [2.45, 2.75) is 63.6 Å². The lowest BCUT2D eigenvalue weighted by Gasteiger charge is -2.44. The standard InChI is InChI=1S/C28H31ClN2O3/c29-23-14-10-21(11-15-23)19-31-24-6-2-3-7-25(24)34-26(28(31)33)18-20-8-12-22(13-9-20)27(32)30-16-4-1-5-17-30/h8-15,18,24-25H,1-7,16-17,19H2/b26-18-. The van der Waals surface area contributed by atoms with Crippen LogP contribution in [-0.4, -0.2) is 46.8 Å². The Labute approximate surface area is 206 Å². The average Bonchev–Trinajstić information content (AvgIpc) is 2.88. The fraction of sp³-hybridized carbons (Fsp3) is 0.429. The number of fused-ring (bicyclic) bond motifs is 1. The summed E-state index contributed by atoms with van der Waals surface area (Å²) >= 11 is 6.05. The molecule has 2 atom stereocenters. The van der Waals surface area contributed by atoms with Crippen molar-refractivity contribution >= 4 is 29.5 Å². The number of carbonyl (C=O) groups is 2. The highest BCUT2D eigenvalue weighted by Crippen LogP contribution is 2.34. The summed E-state index contributed by atoms with van der Waals surface area (Å²) in [5, 5.41) is 0.690. The Hall–Kier alpha value is -2.79. The molecule has 5 rings (SSSR count). The second kappa shape index (κ2) is 10.2. The van der Waals surface area contributed by atoms with Crippen molar-refractivity contribution in [3.63, 3.8) is 0 Å². The summed E-state index contributed by atoms with van der Waals surface area (Å²) in [5.41, 5.74) is 2.61. The summed E-state index contributed by atoms with van der Waals surface area (Å²) in [6.07, 6.45) is 9.32. The van der Waals surface area contributed by atoms with Gasteiger partial charge in [-0.2, -0.15) is 0 Å². The maximum atomic E-state index is 13.5. The van der Waals surface area contributed by atoms with Crippen molar-refractivity contribution in [3.05, 3.63) is 76.0 Å². The van der Waals surface area contributed by atoms with Gasteiger partial charge in [-0.15, -0.1) is 0 Å². The van der Waals surface area contributed by atoms with Crippen LogP contribution < -0.4 is 0 Å². The highest BCUT2D eigenvalue weighted by molar-refractivity contribution is 6.30. The second-order valence-corrected chi connectivity index (χ2v) is 9.99. The molecule has 2 heterocycles. The van der Waals surface area contributed by atoms with Crippen LogP contribution in [0.3, 0.4) is 0 Å². The highest BCUT2D eigenvalue weighted by Gasteiger charge is 2.41. The van der Waals surface area contributed by atoms with Gasteiger partial charge in [0.2, 0.25) is 0 Å². The number of benzene rings is 2. The van der Waals surface area contributed by atoms with Crippen molar-refractivity contribution < 1.29 is 14.3 Å². The number of carbonyl (C=O) groups excluding carboxylic acids is 2. The van der Waals surface area contributed by atoms with Crippen LogP contribution >= 0.6 is 11.6 Å². The van der Waals surface area contributed by atoms with E-state index in [1.54, 1.807) is 0 Å². The van der Waals surface area contributed by atoms with Gasteiger partial charge >= 0.3 is 0 Å². The fourth-order valence-corrected chi connectivity index (χ4v) is 5.43. The zero-order valence-corrected chi connectivity index (χ0v) is 20.2. The van der Waals surface area contributed by atoms with E-state index in [9.17, 15) is 9.59 Å². The summed E-state index contributed by atoms with van der Waals surface area (Å²) < 4.78 is 6.24. The van der Waals surface area contributed by atoms with Gasteiger partial charge in [-0.25, -0.2) is 0 Å². The van der Waals surface area contributed by atoms with Crippen LogP contribution in [0.15, 0.2) is 54.3 Å². The third-order valence-corrected chi connectivity index (χ3v) is 7.43. The number of nitrogens with zero attached hydrogens (tertiary/aromatic N) is 2. The monoisotopic (exact) mass is 478 g/mol. The molecule has 0 aromatic heterocycles. The van der Waals surface area contributed by atoms with E-state index in [0.29, 0.717) is 22.9 Å². The number of morpholine rings is 1. The molecular formula is C28H31ClN2O3. The van der Waals surface area contributed by atoms with Crippen molar-refractivity contribution in [2.75, 3.05) is 13.1 Å². The van der Waals surface area contributed by atoms with Crippen LogP contribution in [0.1, 0.15) is 66.4 Å². The fourth-order valence-electron chi connectivity index (χ4n) is 5.30. The Bertz CT molecular complexity index is 1060. The molecule has 2 amide bonds. The maximum Gasteiger partial charge on any atom is 0.289 e. The van der Waals surface area contributed by atoms with Gasteiger partial charge in [0.15, 0.2) is 5.76 Å². The Morgan fingerprint density at radius 3 is 2.38 bits per heavy atom. The first-order chi connectivity index (χ1) is 16.6. The van der Waals surface area contributed by atoms with Crippen molar-refractivity contribution in [3.8, 4) is 0 Å². The molecule has 178 valence electrons. The second-order valence-electron chi connectivity index (χ2n) is 9.55. The molecule has 3 aliphatic rings. The maximum absolute atomic E-state index is 13.5. The first kappa shape index (κ1) is 23.0. The molecule has 3 fully saturated rings. The number of likely N-dealkylation sites (tertiary alicyclic amines) is 1. The zero-order chi connectivity index (χ0) is 23.5. The molecule has 0 spiro atoms. The van der Waals surface area contributed by atoms with Gasteiger partial charge in [0, 0.05) is 30.2 Å². The Kier molecular flexibility index (Phi) is 6.91. The van der Waals surface area contributed by atoms with E-state index in [-0.39, 0.29) is 24.0 Å². The number of ether oxygens (including phenoxy) is 1. The number of rotatable bonds is 4. The lowest BCUT2D eigenvalue weighted by molar-refractivity contribution is -0.149. The van der Waals surface area contributed by atoms with Crippen LogP contribution in [0.2, 0.25) is 5.02 Å². The molecular weight excluding hydrogens is 448 g/mol. The normalized spacial score (nSPS) is 24.0. The van der Waals surface area contributed by atoms with Gasteiger partial charge in [0.1, 0.15) is 6.10 Å². The predicted octanol–water partition coefficient (Wildman–Crippen LogP) is 5.68. The number of halogens is 1. The van der Waals surface area contributed by atoms with Gasteiger partial charge in [0.25, 0.3) is 11.8 Å². The van der Waals surface area contributed by atoms with E-state index in [1.807, 2.05) is 64.4 Å². The third kappa shape index (κ3) is 5.00.